The highest BCUT2D eigenvalue weighted by atomic mass is 32.2. The minimum Gasteiger partial charge on any atom is -0.317 e. The molecule has 7 heteroatoms. The molecule has 0 fully saturated rings. The lowest BCUT2D eigenvalue weighted by molar-refractivity contribution is -0.115. The minimum absolute atomic E-state index is 0.156. The summed E-state index contributed by atoms with van der Waals surface area (Å²) < 4.78 is 24.5. The van der Waals surface area contributed by atoms with Crippen molar-refractivity contribution in [2.24, 2.45) is 0 Å². The van der Waals surface area contributed by atoms with Crippen LogP contribution < -0.4 is 5.32 Å². The van der Waals surface area contributed by atoms with Gasteiger partial charge >= 0.3 is 0 Å². The Morgan fingerprint density at radius 1 is 1.21 bits per heavy atom. The summed E-state index contributed by atoms with van der Waals surface area (Å²) in [6.45, 7) is 5.57. The quantitative estimate of drug-likeness (QED) is 0.883. The van der Waals surface area contributed by atoms with Gasteiger partial charge in [0.25, 0.3) is 0 Å². The summed E-state index contributed by atoms with van der Waals surface area (Å²) in [5, 5.41) is 12.3. The smallest absolute Gasteiger partial charge is 0.226 e. The molecule has 0 unspecified atom stereocenters. The predicted molar refractivity (Wildman–Crippen MR) is 95.0 cm³/mol. The maximum absolute atomic E-state index is 12.3. The van der Waals surface area contributed by atoms with Gasteiger partial charge in [-0.15, -0.1) is 11.3 Å². The Morgan fingerprint density at radius 2 is 1.83 bits per heavy atom. The molecule has 0 radical (unpaired) electrons. The van der Waals surface area contributed by atoms with Crippen LogP contribution in [0.5, 0.6) is 0 Å². The molecule has 0 bridgehead atoms. The number of anilines is 1. The van der Waals surface area contributed by atoms with Gasteiger partial charge in [-0.05, 0) is 38.5 Å². The summed E-state index contributed by atoms with van der Waals surface area (Å²) in [6.07, 6.45) is -0.156. The Kier molecular flexibility index (Phi) is 5.42. The van der Waals surface area contributed by atoms with E-state index in [1.54, 1.807) is 24.3 Å². The molecule has 0 spiro atoms. The number of hydrogen-bond donors (Lipinski definition) is 1. The average Bonchev–Trinajstić information content (AvgIpc) is 2.79. The topological polar surface area (TPSA) is 87.0 Å². The standard InChI is InChI=1S/C17H18N2O3S2/c1-11-4-6-14(7-5-11)24(21,22)9-8-16(20)19-17-15(10-18)12(2)13(3)23-17/h4-7H,8-9H2,1-3H3,(H,19,20). The molecule has 0 saturated carbocycles. The van der Waals surface area contributed by atoms with Crippen molar-refractivity contribution in [3.63, 3.8) is 0 Å². The van der Waals surface area contributed by atoms with Crippen LogP contribution in [-0.4, -0.2) is 20.1 Å². The lowest BCUT2D eigenvalue weighted by atomic mass is 10.2. The van der Waals surface area contributed by atoms with E-state index in [-0.39, 0.29) is 17.1 Å². The van der Waals surface area contributed by atoms with Crippen molar-refractivity contribution < 1.29 is 13.2 Å². The first-order valence-corrected chi connectivity index (χ1v) is 9.81. The number of aryl methyl sites for hydroxylation is 2. The van der Waals surface area contributed by atoms with E-state index in [4.69, 9.17) is 5.26 Å². The molecule has 126 valence electrons. The van der Waals surface area contributed by atoms with Gasteiger partial charge in [0.2, 0.25) is 5.91 Å². The van der Waals surface area contributed by atoms with Crippen LogP contribution in [0.25, 0.3) is 0 Å². The van der Waals surface area contributed by atoms with Crippen molar-refractivity contribution in [2.45, 2.75) is 32.1 Å². The van der Waals surface area contributed by atoms with Crippen LogP contribution in [0.15, 0.2) is 29.2 Å². The zero-order chi connectivity index (χ0) is 17.9. The molecule has 1 aromatic heterocycles. The van der Waals surface area contributed by atoms with Gasteiger partial charge in [0.05, 0.1) is 16.2 Å². The van der Waals surface area contributed by atoms with Crippen LogP contribution in [0.2, 0.25) is 0 Å². The molecule has 1 amide bonds. The first-order valence-electron chi connectivity index (χ1n) is 7.34. The Hall–Kier alpha value is -2.17. The van der Waals surface area contributed by atoms with Crippen molar-refractivity contribution in [1.29, 1.82) is 5.26 Å². The zero-order valence-corrected chi connectivity index (χ0v) is 15.3. The number of carbonyl (C=O) groups excluding carboxylic acids is 1. The van der Waals surface area contributed by atoms with E-state index in [2.05, 4.69) is 11.4 Å². The summed E-state index contributed by atoms with van der Waals surface area (Å²) in [5.74, 6) is -0.684. The van der Waals surface area contributed by atoms with E-state index in [9.17, 15) is 13.2 Å². The van der Waals surface area contributed by atoms with E-state index in [0.29, 0.717) is 10.6 Å². The van der Waals surface area contributed by atoms with Crippen LogP contribution in [0, 0.1) is 32.1 Å². The molecule has 1 aromatic carbocycles. The number of sulfone groups is 1. The summed E-state index contributed by atoms with van der Waals surface area (Å²) in [4.78, 5) is 13.2. The van der Waals surface area contributed by atoms with Gasteiger partial charge in [-0.3, -0.25) is 4.79 Å². The largest absolute Gasteiger partial charge is 0.317 e. The van der Waals surface area contributed by atoms with E-state index in [0.717, 1.165) is 16.0 Å². The average molecular weight is 362 g/mol. The van der Waals surface area contributed by atoms with Gasteiger partial charge in [0, 0.05) is 11.3 Å². The number of thiophene rings is 1. The molecule has 2 aromatic rings. The van der Waals surface area contributed by atoms with E-state index in [1.807, 2.05) is 20.8 Å². The summed E-state index contributed by atoms with van der Waals surface area (Å²) in [6, 6.07) is 8.61. The summed E-state index contributed by atoms with van der Waals surface area (Å²) in [5.41, 5.74) is 2.25. The monoisotopic (exact) mass is 362 g/mol. The molecular weight excluding hydrogens is 344 g/mol. The van der Waals surface area contributed by atoms with Gasteiger partial charge < -0.3 is 5.32 Å². The maximum Gasteiger partial charge on any atom is 0.226 e. The second-order valence-corrected chi connectivity index (χ2v) is 8.86. The third kappa shape index (κ3) is 4.02. The van der Waals surface area contributed by atoms with Crippen molar-refractivity contribution in [1.82, 2.24) is 0 Å². The fraction of sp³-hybridized carbons (Fsp3) is 0.294. The van der Waals surface area contributed by atoms with Gasteiger partial charge in [-0.1, -0.05) is 17.7 Å². The zero-order valence-electron chi connectivity index (χ0n) is 13.7. The second-order valence-electron chi connectivity index (χ2n) is 5.53. The number of nitriles is 1. The third-order valence-corrected chi connectivity index (χ3v) is 6.58. The number of carbonyl (C=O) groups is 1. The summed E-state index contributed by atoms with van der Waals surface area (Å²) in [7, 11) is -3.51. The molecule has 0 aliphatic heterocycles. The highest BCUT2D eigenvalue weighted by molar-refractivity contribution is 7.91. The normalized spacial score (nSPS) is 11.1. The summed E-state index contributed by atoms with van der Waals surface area (Å²) >= 11 is 1.32. The second kappa shape index (κ2) is 7.16. The van der Waals surface area contributed by atoms with Crippen LogP contribution >= 0.6 is 11.3 Å². The van der Waals surface area contributed by atoms with Crippen molar-refractivity contribution in [2.75, 3.05) is 11.1 Å². The lowest BCUT2D eigenvalue weighted by Gasteiger charge is -2.06. The Morgan fingerprint density at radius 3 is 2.42 bits per heavy atom. The molecule has 5 nitrogen and oxygen atoms in total. The van der Waals surface area contributed by atoms with Gasteiger partial charge in [0.15, 0.2) is 9.84 Å². The molecule has 24 heavy (non-hydrogen) atoms. The number of nitrogens with zero attached hydrogens (tertiary/aromatic N) is 1. The van der Waals surface area contributed by atoms with Crippen molar-refractivity contribution in [3.05, 3.63) is 45.8 Å². The highest BCUT2D eigenvalue weighted by Gasteiger charge is 2.18. The van der Waals surface area contributed by atoms with Crippen LogP contribution in [0.4, 0.5) is 5.00 Å². The molecular formula is C17H18N2O3S2. The number of nitrogens with one attached hydrogen (secondary N) is 1. The Bertz CT molecular complexity index is 905. The molecule has 0 atom stereocenters. The first kappa shape index (κ1) is 18.2. The van der Waals surface area contributed by atoms with Crippen LogP contribution in [0.3, 0.4) is 0 Å². The SMILES string of the molecule is Cc1ccc(S(=O)(=O)CCC(=O)Nc2sc(C)c(C)c2C#N)cc1. The number of amides is 1. The van der Waals surface area contributed by atoms with Gasteiger partial charge in [-0.25, -0.2) is 8.42 Å². The Labute approximate surface area is 145 Å². The van der Waals surface area contributed by atoms with Gasteiger partial charge in [-0.2, -0.15) is 5.26 Å². The van der Waals surface area contributed by atoms with E-state index < -0.39 is 15.7 Å². The minimum atomic E-state index is -3.51. The number of hydrogen-bond acceptors (Lipinski definition) is 5. The molecule has 0 aliphatic carbocycles. The molecule has 0 aliphatic rings. The molecule has 2 rings (SSSR count). The lowest BCUT2D eigenvalue weighted by Crippen LogP contribution is -2.17. The van der Waals surface area contributed by atoms with Crippen molar-refractivity contribution in [3.8, 4) is 6.07 Å². The van der Waals surface area contributed by atoms with E-state index >= 15 is 0 Å². The maximum atomic E-state index is 12.3. The third-order valence-electron chi connectivity index (χ3n) is 3.73. The number of benzene rings is 1. The molecule has 1 N–H and O–H groups in total. The fourth-order valence-electron chi connectivity index (χ4n) is 2.13. The number of rotatable bonds is 5. The first-order chi connectivity index (χ1) is 11.2. The highest BCUT2D eigenvalue weighted by Crippen LogP contribution is 2.31. The Balaban J connectivity index is 2.05. The van der Waals surface area contributed by atoms with Crippen LogP contribution in [-0.2, 0) is 14.6 Å². The van der Waals surface area contributed by atoms with Gasteiger partial charge in [0.1, 0.15) is 11.1 Å². The predicted octanol–water partition coefficient (Wildman–Crippen LogP) is 3.35. The van der Waals surface area contributed by atoms with E-state index in [1.165, 1.54) is 11.3 Å². The fourth-order valence-corrected chi connectivity index (χ4v) is 4.40. The van der Waals surface area contributed by atoms with Crippen molar-refractivity contribution >= 4 is 32.1 Å². The molecule has 0 saturated heterocycles. The molecule has 1 heterocycles. The van der Waals surface area contributed by atoms with Crippen LogP contribution in [0.1, 0.15) is 28.0 Å².